The van der Waals surface area contributed by atoms with Crippen molar-refractivity contribution < 1.29 is 9.47 Å². The second-order valence-electron chi connectivity index (χ2n) is 4.56. The molecule has 17 heavy (non-hydrogen) atoms. The minimum atomic E-state index is 0.144. The first kappa shape index (κ1) is 12.4. The predicted molar refractivity (Wildman–Crippen MR) is 66.6 cm³/mol. The van der Waals surface area contributed by atoms with E-state index >= 15 is 0 Å². The van der Waals surface area contributed by atoms with Crippen LogP contribution in [0.5, 0.6) is 5.75 Å². The Hall–Kier alpha value is -1.10. The van der Waals surface area contributed by atoms with Gasteiger partial charge in [0, 0.05) is 5.92 Å². The van der Waals surface area contributed by atoms with Gasteiger partial charge in [-0.1, -0.05) is 12.1 Å². The van der Waals surface area contributed by atoms with Crippen molar-refractivity contribution in [1.82, 2.24) is 5.43 Å². The van der Waals surface area contributed by atoms with E-state index in [1.54, 1.807) is 7.11 Å². The highest BCUT2D eigenvalue weighted by Gasteiger charge is 2.29. The molecule has 1 aliphatic rings. The summed E-state index contributed by atoms with van der Waals surface area (Å²) in [6.07, 6.45) is 1.37. The fourth-order valence-corrected chi connectivity index (χ4v) is 2.40. The first-order chi connectivity index (χ1) is 8.24. The average Bonchev–Trinajstić information content (AvgIpc) is 2.78. The van der Waals surface area contributed by atoms with Crippen LogP contribution in [0.4, 0.5) is 0 Å². The van der Waals surface area contributed by atoms with Gasteiger partial charge in [-0.3, -0.25) is 11.3 Å². The molecular weight excluding hydrogens is 216 g/mol. The molecule has 0 aliphatic carbocycles. The van der Waals surface area contributed by atoms with E-state index in [1.807, 2.05) is 24.3 Å². The molecule has 3 atom stereocenters. The highest BCUT2D eigenvalue weighted by atomic mass is 16.5. The number of methoxy groups -OCH3 is 1. The standard InChI is InChI=1S/C13H20N2O2/c1-9-7-11(8-17-9)13(15-14)10-3-5-12(16-2)6-4-10/h3-6,9,11,13,15H,7-8,14H2,1-2H3. The molecule has 0 amide bonds. The molecule has 2 rings (SSSR count). The normalized spacial score (nSPS) is 25.8. The van der Waals surface area contributed by atoms with Crippen molar-refractivity contribution in [3.8, 4) is 5.75 Å². The van der Waals surface area contributed by atoms with E-state index < -0.39 is 0 Å². The van der Waals surface area contributed by atoms with Gasteiger partial charge in [0.05, 0.1) is 25.9 Å². The van der Waals surface area contributed by atoms with Gasteiger partial charge in [-0.25, -0.2) is 0 Å². The van der Waals surface area contributed by atoms with E-state index in [2.05, 4.69) is 12.3 Å². The average molecular weight is 236 g/mol. The van der Waals surface area contributed by atoms with Crippen LogP contribution in [-0.4, -0.2) is 19.8 Å². The third-order valence-electron chi connectivity index (χ3n) is 3.36. The van der Waals surface area contributed by atoms with Crippen LogP contribution in [0.2, 0.25) is 0 Å². The first-order valence-corrected chi connectivity index (χ1v) is 5.96. The summed E-state index contributed by atoms with van der Waals surface area (Å²) < 4.78 is 10.7. The van der Waals surface area contributed by atoms with Crippen molar-refractivity contribution in [2.75, 3.05) is 13.7 Å². The molecule has 1 heterocycles. The summed E-state index contributed by atoms with van der Waals surface area (Å²) in [6, 6.07) is 8.15. The number of nitrogens with two attached hydrogens (primary N) is 1. The van der Waals surface area contributed by atoms with Gasteiger partial charge in [-0.2, -0.15) is 0 Å². The van der Waals surface area contributed by atoms with Gasteiger partial charge in [0.15, 0.2) is 0 Å². The van der Waals surface area contributed by atoms with Crippen LogP contribution >= 0.6 is 0 Å². The van der Waals surface area contributed by atoms with E-state index in [-0.39, 0.29) is 6.04 Å². The molecule has 1 saturated heterocycles. The maximum Gasteiger partial charge on any atom is 0.118 e. The molecule has 1 aromatic carbocycles. The Kier molecular flexibility index (Phi) is 3.99. The smallest absolute Gasteiger partial charge is 0.118 e. The second kappa shape index (κ2) is 5.49. The van der Waals surface area contributed by atoms with Crippen molar-refractivity contribution in [3.63, 3.8) is 0 Å². The molecule has 0 bridgehead atoms. The van der Waals surface area contributed by atoms with Gasteiger partial charge in [0.25, 0.3) is 0 Å². The van der Waals surface area contributed by atoms with Crippen molar-refractivity contribution in [1.29, 1.82) is 0 Å². The fraction of sp³-hybridized carbons (Fsp3) is 0.538. The van der Waals surface area contributed by atoms with Crippen LogP contribution in [0.3, 0.4) is 0 Å². The lowest BCUT2D eigenvalue weighted by Crippen LogP contribution is -2.33. The zero-order chi connectivity index (χ0) is 12.3. The van der Waals surface area contributed by atoms with Crippen LogP contribution < -0.4 is 16.0 Å². The zero-order valence-corrected chi connectivity index (χ0v) is 10.3. The van der Waals surface area contributed by atoms with Crippen LogP contribution in [0.25, 0.3) is 0 Å². The lowest BCUT2D eigenvalue weighted by Gasteiger charge is -2.22. The number of ether oxygens (including phenoxy) is 2. The highest BCUT2D eigenvalue weighted by Crippen LogP contribution is 2.31. The molecule has 3 N–H and O–H groups in total. The molecular formula is C13H20N2O2. The van der Waals surface area contributed by atoms with Crippen LogP contribution in [-0.2, 0) is 4.74 Å². The van der Waals surface area contributed by atoms with Gasteiger partial charge in [-0.15, -0.1) is 0 Å². The Morgan fingerprint density at radius 2 is 2.12 bits per heavy atom. The molecule has 4 nitrogen and oxygen atoms in total. The summed E-state index contributed by atoms with van der Waals surface area (Å²) in [5, 5.41) is 0. The third-order valence-corrected chi connectivity index (χ3v) is 3.36. The number of hydrogen-bond acceptors (Lipinski definition) is 4. The quantitative estimate of drug-likeness (QED) is 0.616. The Bertz CT molecular complexity index is 353. The van der Waals surface area contributed by atoms with Gasteiger partial charge in [0.1, 0.15) is 5.75 Å². The summed E-state index contributed by atoms with van der Waals surface area (Å²) >= 11 is 0. The summed E-state index contributed by atoms with van der Waals surface area (Å²) in [5.41, 5.74) is 4.07. The number of nitrogens with one attached hydrogen (secondary N) is 1. The maximum absolute atomic E-state index is 5.66. The summed E-state index contributed by atoms with van der Waals surface area (Å²) in [5.74, 6) is 6.96. The minimum absolute atomic E-state index is 0.144. The highest BCUT2D eigenvalue weighted by molar-refractivity contribution is 5.29. The van der Waals surface area contributed by atoms with Crippen LogP contribution in [0, 0.1) is 5.92 Å². The first-order valence-electron chi connectivity index (χ1n) is 5.96. The topological polar surface area (TPSA) is 56.5 Å². The lowest BCUT2D eigenvalue weighted by atomic mass is 9.91. The summed E-state index contributed by atoms with van der Waals surface area (Å²) in [7, 11) is 1.67. The monoisotopic (exact) mass is 236 g/mol. The molecule has 1 aromatic rings. The van der Waals surface area contributed by atoms with Crippen molar-refractivity contribution in [2.45, 2.75) is 25.5 Å². The minimum Gasteiger partial charge on any atom is -0.497 e. The molecule has 1 fully saturated rings. The Morgan fingerprint density at radius 1 is 1.41 bits per heavy atom. The molecule has 0 aromatic heterocycles. The van der Waals surface area contributed by atoms with Crippen LogP contribution in [0.1, 0.15) is 24.9 Å². The number of benzene rings is 1. The molecule has 3 unspecified atom stereocenters. The van der Waals surface area contributed by atoms with Gasteiger partial charge in [0.2, 0.25) is 0 Å². The van der Waals surface area contributed by atoms with Gasteiger partial charge in [-0.05, 0) is 31.0 Å². The molecule has 94 valence electrons. The van der Waals surface area contributed by atoms with Gasteiger partial charge < -0.3 is 9.47 Å². The maximum atomic E-state index is 5.66. The summed E-state index contributed by atoms with van der Waals surface area (Å²) in [4.78, 5) is 0. The van der Waals surface area contributed by atoms with Crippen molar-refractivity contribution in [2.24, 2.45) is 11.8 Å². The number of rotatable bonds is 4. The van der Waals surface area contributed by atoms with E-state index in [9.17, 15) is 0 Å². The van der Waals surface area contributed by atoms with E-state index in [0.29, 0.717) is 12.0 Å². The van der Waals surface area contributed by atoms with E-state index in [0.717, 1.165) is 18.8 Å². The fourth-order valence-electron chi connectivity index (χ4n) is 2.40. The zero-order valence-electron chi connectivity index (χ0n) is 10.3. The lowest BCUT2D eigenvalue weighted by molar-refractivity contribution is 0.117. The van der Waals surface area contributed by atoms with Gasteiger partial charge >= 0.3 is 0 Å². The molecule has 1 aliphatic heterocycles. The van der Waals surface area contributed by atoms with Crippen molar-refractivity contribution in [3.05, 3.63) is 29.8 Å². The Balaban J connectivity index is 2.11. The molecule has 0 saturated carbocycles. The largest absolute Gasteiger partial charge is 0.497 e. The summed E-state index contributed by atoms with van der Waals surface area (Å²) in [6.45, 7) is 2.86. The molecule has 4 heteroatoms. The second-order valence-corrected chi connectivity index (χ2v) is 4.56. The Morgan fingerprint density at radius 3 is 2.59 bits per heavy atom. The number of hydrogen-bond donors (Lipinski definition) is 2. The third kappa shape index (κ3) is 2.77. The number of hydrazine groups is 1. The predicted octanol–water partition coefficient (Wildman–Crippen LogP) is 1.62. The van der Waals surface area contributed by atoms with Crippen LogP contribution in [0.15, 0.2) is 24.3 Å². The van der Waals surface area contributed by atoms with Crippen molar-refractivity contribution >= 4 is 0 Å². The van der Waals surface area contributed by atoms with E-state index in [4.69, 9.17) is 15.3 Å². The Labute approximate surface area is 102 Å². The van der Waals surface area contributed by atoms with E-state index in [1.165, 1.54) is 5.56 Å². The molecule has 0 radical (unpaired) electrons. The SMILES string of the molecule is COc1ccc(C(NN)C2COC(C)C2)cc1. The molecule has 0 spiro atoms.